The van der Waals surface area contributed by atoms with Crippen molar-refractivity contribution in [1.29, 1.82) is 0 Å². The van der Waals surface area contributed by atoms with Crippen molar-refractivity contribution in [3.05, 3.63) is 95.0 Å². The Bertz CT molecular complexity index is 1100. The van der Waals surface area contributed by atoms with E-state index in [2.05, 4.69) is 15.2 Å². The first-order valence-electron chi connectivity index (χ1n) is 9.33. The quantitative estimate of drug-likeness (QED) is 0.298. The van der Waals surface area contributed by atoms with Crippen LogP contribution in [0.5, 0.6) is 5.75 Å². The number of carbonyl (C=O) groups is 1. The fourth-order valence-corrected chi connectivity index (χ4v) is 3.81. The number of H-pyrrole nitrogens is 1. The molecule has 0 fully saturated rings. The van der Waals surface area contributed by atoms with E-state index in [1.807, 2.05) is 53.1 Å². The molecular formula is C22H19ClN4O2S. The molecule has 4 rings (SSSR count). The molecule has 2 aromatic carbocycles. The summed E-state index contributed by atoms with van der Waals surface area (Å²) in [7, 11) is 0. The van der Waals surface area contributed by atoms with Crippen LogP contribution in [-0.2, 0) is 13.2 Å². The molecule has 152 valence electrons. The van der Waals surface area contributed by atoms with E-state index in [9.17, 15) is 4.79 Å². The number of aromatic nitrogens is 4. The molecule has 0 bridgehead atoms. The zero-order chi connectivity index (χ0) is 20.8. The van der Waals surface area contributed by atoms with E-state index < -0.39 is 0 Å². The number of benzene rings is 2. The van der Waals surface area contributed by atoms with Crippen LogP contribution < -0.4 is 4.74 Å². The molecule has 6 nitrogen and oxygen atoms in total. The highest BCUT2D eigenvalue weighted by Gasteiger charge is 2.16. The Morgan fingerprint density at radius 1 is 1.03 bits per heavy atom. The number of nitrogens with zero attached hydrogens (tertiary/aromatic N) is 3. The van der Waals surface area contributed by atoms with Crippen molar-refractivity contribution < 1.29 is 9.53 Å². The first-order chi connectivity index (χ1) is 14.7. The maximum Gasteiger partial charge on any atom is 0.192 e. The van der Waals surface area contributed by atoms with E-state index in [0.29, 0.717) is 34.0 Å². The number of rotatable bonds is 9. The average molecular weight is 439 g/mol. The number of ether oxygens (including phenoxy) is 1. The van der Waals surface area contributed by atoms with Gasteiger partial charge in [0.1, 0.15) is 12.4 Å². The number of hydrogen-bond acceptors (Lipinski definition) is 5. The number of halogens is 1. The molecule has 0 amide bonds. The van der Waals surface area contributed by atoms with Crippen LogP contribution >= 0.6 is 23.4 Å². The molecular weight excluding hydrogens is 420 g/mol. The maximum atomic E-state index is 12.3. The second-order valence-electron chi connectivity index (χ2n) is 6.51. The third kappa shape index (κ3) is 5.11. The number of nitrogens with one attached hydrogen (secondary N) is 1. The van der Waals surface area contributed by atoms with Gasteiger partial charge in [-0.25, -0.2) is 0 Å². The molecule has 0 unspecified atom stereocenters. The highest BCUT2D eigenvalue weighted by molar-refractivity contribution is 7.99. The number of aromatic amines is 1. The van der Waals surface area contributed by atoms with Gasteiger partial charge in [0.25, 0.3) is 0 Å². The molecule has 0 saturated heterocycles. The Morgan fingerprint density at radius 2 is 1.83 bits per heavy atom. The summed E-state index contributed by atoms with van der Waals surface area (Å²) in [5.74, 6) is 1.66. The fourth-order valence-electron chi connectivity index (χ4n) is 2.85. The third-order valence-corrected chi connectivity index (χ3v) is 5.61. The summed E-state index contributed by atoms with van der Waals surface area (Å²) in [6.45, 7) is 0.846. The van der Waals surface area contributed by atoms with Crippen LogP contribution in [0.3, 0.4) is 0 Å². The lowest BCUT2D eigenvalue weighted by atomic mass is 10.2. The van der Waals surface area contributed by atoms with Gasteiger partial charge in [-0.2, -0.15) is 0 Å². The fraction of sp³-hybridized carbons (Fsp3) is 0.136. The van der Waals surface area contributed by atoms with Gasteiger partial charge in [-0.05, 0) is 42.0 Å². The van der Waals surface area contributed by atoms with Crippen LogP contribution in [0.1, 0.15) is 21.9 Å². The minimum Gasteiger partial charge on any atom is -0.486 e. The van der Waals surface area contributed by atoms with Crippen molar-refractivity contribution in [2.24, 2.45) is 0 Å². The van der Waals surface area contributed by atoms with Crippen molar-refractivity contribution in [2.45, 2.75) is 18.3 Å². The monoisotopic (exact) mass is 438 g/mol. The van der Waals surface area contributed by atoms with Gasteiger partial charge in [0, 0.05) is 11.2 Å². The van der Waals surface area contributed by atoms with Crippen molar-refractivity contribution in [3.63, 3.8) is 0 Å². The van der Waals surface area contributed by atoms with E-state index in [-0.39, 0.29) is 18.1 Å². The maximum absolute atomic E-state index is 12.3. The molecule has 0 atom stereocenters. The van der Waals surface area contributed by atoms with Crippen LogP contribution in [0.25, 0.3) is 0 Å². The van der Waals surface area contributed by atoms with Gasteiger partial charge in [-0.1, -0.05) is 53.7 Å². The molecule has 0 aliphatic rings. The number of thioether (sulfide) groups is 1. The SMILES string of the molecule is O=C(CSc1nnc(COc2ccc(Cl)cc2)n1Cc1ccccc1)c1ccc[nH]1. The molecule has 0 radical (unpaired) electrons. The first-order valence-corrected chi connectivity index (χ1v) is 10.7. The Balaban J connectivity index is 1.51. The highest BCUT2D eigenvalue weighted by Crippen LogP contribution is 2.22. The smallest absolute Gasteiger partial charge is 0.192 e. The number of ketones is 1. The minimum absolute atomic E-state index is 0.0122. The Morgan fingerprint density at radius 3 is 2.57 bits per heavy atom. The molecule has 0 saturated carbocycles. The van der Waals surface area contributed by atoms with Gasteiger partial charge in [-0.3, -0.25) is 9.36 Å². The predicted octanol–water partition coefficient (Wildman–Crippen LogP) is 4.86. The largest absolute Gasteiger partial charge is 0.486 e. The first kappa shape index (κ1) is 20.3. The molecule has 1 N–H and O–H groups in total. The summed E-state index contributed by atoms with van der Waals surface area (Å²) in [6, 6.07) is 20.8. The highest BCUT2D eigenvalue weighted by atomic mass is 35.5. The lowest BCUT2D eigenvalue weighted by Crippen LogP contribution is -2.10. The van der Waals surface area contributed by atoms with Gasteiger partial charge < -0.3 is 9.72 Å². The zero-order valence-electron chi connectivity index (χ0n) is 16.0. The number of hydrogen-bond donors (Lipinski definition) is 1. The molecule has 0 aliphatic heterocycles. The number of carbonyl (C=O) groups excluding carboxylic acids is 1. The predicted molar refractivity (Wildman–Crippen MR) is 117 cm³/mol. The standard InChI is InChI=1S/C22H19ClN4O2S/c23-17-8-10-18(11-9-17)29-14-21-25-26-22(27(21)13-16-5-2-1-3-6-16)30-15-20(28)19-7-4-12-24-19/h1-12,24H,13-15H2. The van der Waals surface area contributed by atoms with E-state index in [1.54, 1.807) is 24.4 Å². The topological polar surface area (TPSA) is 72.8 Å². The summed E-state index contributed by atoms with van der Waals surface area (Å²) in [5, 5.41) is 9.94. The number of Topliss-reactive ketones (excluding diaryl/α,β-unsaturated/α-hetero) is 1. The van der Waals surface area contributed by atoms with Crippen LogP contribution in [0.4, 0.5) is 0 Å². The molecule has 0 spiro atoms. The zero-order valence-corrected chi connectivity index (χ0v) is 17.6. The van der Waals surface area contributed by atoms with E-state index >= 15 is 0 Å². The van der Waals surface area contributed by atoms with Gasteiger partial charge in [0.05, 0.1) is 18.0 Å². The second kappa shape index (κ2) is 9.65. The van der Waals surface area contributed by atoms with Crippen LogP contribution in [0, 0.1) is 0 Å². The van der Waals surface area contributed by atoms with Gasteiger partial charge in [0.15, 0.2) is 16.8 Å². The Labute approximate surface area is 183 Å². The summed E-state index contributed by atoms with van der Waals surface area (Å²) >= 11 is 7.29. The van der Waals surface area contributed by atoms with Crippen LogP contribution in [0.2, 0.25) is 5.02 Å². The summed E-state index contributed by atoms with van der Waals surface area (Å²) in [6.07, 6.45) is 1.74. The summed E-state index contributed by atoms with van der Waals surface area (Å²) in [5.41, 5.74) is 1.70. The molecule has 4 aromatic rings. The Hall–Kier alpha value is -3.03. The molecule has 8 heteroatoms. The average Bonchev–Trinajstić information content (AvgIpc) is 3.43. The molecule has 30 heavy (non-hydrogen) atoms. The Kier molecular flexibility index (Phi) is 6.51. The van der Waals surface area contributed by atoms with E-state index in [4.69, 9.17) is 16.3 Å². The summed E-state index contributed by atoms with van der Waals surface area (Å²) in [4.78, 5) is 15.3. The van der Waals surface area contributed by atoms with E-state index in [0.717, 1.165) is 5.56 Å². The summed E-state index contributed by atoms with van der Waals surface area (Å²) < 4.78 is 7.84. The third-order valence-electron chi connectivity index (χ3n) is 4.39. The van der Waals surface area contributed by atoms with Crippen LogP contribution in [0.15, 0.2) is 78.1 Å². The van der Waals surface area contributed by atoms with Crippen LogP contribution in [-0.4, -0.2) is 31.3 Å². The van der Waals surface area contributed by atoms with Crippen molar-refractivity contribution in [3.8, 4) is 5.75 Å². The van der Waals surface area contributed by atoms with Gasteiger partial charge >= 0.3 is 0 Å². The second-order valence-corrected chi connectivity index (χ2v) is 7.89. The normalized spacial score (nSPS) is 10.8. The lowest BCUT2D eigenvalue weighted by Gasteiger charge is -2.11. The van der Waals surface area contributed by atoms with Crippen molar-refractivity contribution in [1.82, 2.24) is 19.7 Å². The molecule has 2 heterocycles. The molecule has 0 aliphatic carbocycles. The van der Waals surface area contributed by atoms with Crippen molar-refractivity contribution >= 4 is 29.1 Å². The lowest BCUT2D eigenvalue weighted by molar-refractivity contribution is 0.101. The van der Waals surface area contributed by atoms with Gasteiger partial charge in [0.2, 0.25) is 0 Å². The van der Waals surface area contributed by atoms with Gasteiger partial charge in [-0.15, -0.1) is 10.2 Å². The van der Waals surface area contributed by atoms with Crippen molar-refractivity contribution in [2.75, 3.05) is 5.75 Å². The minimum atomic E-state index is 0.0122. The molecule has 2 aromatic heterocycles. The van der Waals surface area contributed by atoms with E-state index in [1.165, 1.54) is 11.8 Å².